The van der Waals surface area contributed by atoms with Gasteiger partial charge in [0.05, 0.1) is 17.7 Å². The first kappa shape index (κ1) is 18.7. The van der Waals surface area contributed by atoms with E-state index in [1.807, 2.05) is 62.5 Å². The summed E-state index contributed by atoms with van der Waals surface area (Å²) in [5, 5.41) is 8.36. The quantitative estimate of drug-likeness (QED) is 0.691. The molecule has 1 atom stereocenters. The Morgan fingerprint density at radius 3 is 2.57 bits per heavy atom. The molecule has 0 unspecified atom stereocenters. The van der Waals surface area contributed by atoms with Gasteiger partial charge in [0.2, 0.25) is 5.91 Å². The van der Waals surface area contributed by atoms with Crippen LogP contribution in [0.25, 0.3) is 5.82 Å². The molecule has 1 amide bonds. The number of benzene rings is 1. The van der Waals surface area contributed by atoms with Crippen molar-refractivity contribution in [2.75, 3.05) is 0 Å². The molecule has 3 aromatic rings. The second-order valence-corrected chi connectivity index (χ2v) is 7.86. The van der Waals surface area contributed by atoms with Crippen molar-refractivity contribution in [3.63, 3.8) is 0 Å². The van der Waals surface area contributed by atoms with Crippen LogP contribution in [-0.2, 0) is 10.2 Å². The molecular weight excluding hydrogens is 372 g/mol. The Bertz CT molecular complexity index is 978. The van der Waals surface area contributed by atoms with E-state index >= 15 is 0 Å². The highest BCUT2D eigenvalue weighted by atomic mass is 35.5. The lowest BCUT2D eigenvalue weighted by Crippen LogP contribution is -2.49. The molecule has 1 fully saturated rings. The first-order valence-electron chi connectivity index (χ1n) is 9.54. The van der Waals surface area contributed by atoms with Gasteiger partial charge >= 0.3 is 0 Å². The summed E-state index contributed by atoms with van der Waals surface area (Å²) >= 11 is 6.02. The topological polar surface area (TPSA) is 59.8 Å². The lowest BCUT2D eigenvalue weighted by Gasteiger charge is -2.41. The van der Waals surface area contributed by atoms with Crippen molar-refractivity contribution >= 4 is 17.5 Å². The van der Waals surface area contributed by atoms with Gasteiger partial charge in [-0.3, -0.25) is 4.79 Å². The molecule has 1 saturated carbocycles. The van der Waals surface area contributed by atoms with Gasteiger partial charge in [0, 0.05) is 22.5 Å². The van der Waals surface area contributed by atoms with Crippen molar-refractivity contribution in [3.05, 3.63) is 76.7 Å². The summed E-state index contributed by atoms with van der Waals surface area (Å²) in [7, 11) is 0. The molecule has 0 aliphatic heterocycles. The Morgan fingerprint density at radius 2 is 1.96 bits per heavy atom. The second kappa shape index (κ2) is 7.40. The number of carbonyl (C=O) groups excluding carboxylic acids is 1. The van der Waals surface area contributed by atoms with Crippen molar-refractivity contribution in [2.24, 2.45) is 0 Å². The van der Waals surface area contributed by atoms with Gasteiger partial charge in [-0.05, 0) is 56.5 Å². The number of nitrogens with one attached hydrogen (secondary N) is 1. The third-order valence-corrected chi connectivity index (χ3v) is 6.02. The maximum atomic E-state index is 13.2. The Balaban J connectivity index is 1.55. The van der Waals surface area contributed by atoms with E-state index in [0.717, 1.165) is 41.9 Å². The van der Waals surface area contributed by atoms with Crippen molar-refractivity contribution < 1.29 is 4.79 Å². The SMILES string of the molecule is Cc1c([C@@H](C)NC(=O)C2(c3ccc(Cl)cc3)CCC2)cnn1-c1ccccn1. The van der Waals surface area contributed by atoms with E-state index < -0.39 is 5.41 Å². The number of aromatic nitrogens is 3. The summed E-state index contributed by atoms with van der Waals surface area (Å²) in [5.74, 6) is 0.833. The number of pyridine rings is 1. The van der Waals surface area contributed by atoms with Crippen molar-refractivity contribution in [2.45, 2.75) is 44.6 Å². The molecule has 2 heterocycles. The fourth-order valence-corrected chi connectivity index (χ4v) is 4.04. The van der Waals surface area contributed by atoms with Crippen LogP contribution in [0, 0.1) is 6.92 Å². The van der Waals surface area contributed by atoms with Crippen molar-refractivity contribution in [1.29, 1.82) is 0 Å². The Kier molecular flexibility index (Phi) is 4.94. The summed E-state index contributed by atoms with van der Waals surface area (Å²) in [6.45, 7) is 4.00. The van der Waals surface area contributed by atoms with Crippen LogP contribution in [-0.4, -0.2) is 20.7 Å². The van der Waals surface area contributed by atoms with Crippen molar-refractivity contribution in [1.82, 2.24) is 20.1 Å². The number of rotatable bonds is 5. The van der Waals surface area contributed by atoms with Crippen LogP contribution in [0.4, 0.5) is 0 Å². The maximum Gasteiger partial charge on any atom is 0.231 e. The van der Waals surface area contributed by atoms with Crippen LogP contribution in [0.15, 0.2) is 54.9 Å². The Morgan fingerprint density at radius 1 is 1.21 bits per heavy atom. The van der Waals surface area contributed by atoms with E-state index in [1.54, 1.807) is 10.9 Å². The molecule has 28 heavy (non-hydrogen) atoms. The number of hydrogen-bond acceptors (Lipinski definition) is 3. The van der Waals surface area contributed by atoms with E-state index in [0.29, 0.717) is 5.02 Å². The molecule has 1 aliphatic carbocycles. The van der Waals surface area contributed by atoms with E-state index in [9.17, 15) is 4.79 Å². The number of nitrogens with zero attached hydrogens (tertiary/aromatic N) is 3. The van der Waals surface area contributed by atoms with Crippen LogP contribution in [0.5, 0.6) is 0 Å². The molecule has 1 N–H and O–H groups in total. The number of hydrogen-bond donors (Lipinski definition) is 1. The number of halogens is 1. The number of carbonyl (C=O) groups is 1. The largest absolute Gasteiger partial charge is 0.349 e. The smallest absolute Gasteiger partial charge is 0.231 e. The molecule has 1 aromatic carbocycles. The van der Waals surface area contributed by atoms with Gasteiger partial charge in [0.1, 0.15) is 0 Å². The molecule has 0 radical (unpaired) electrons. The molecule has 5 nitrogen and oxygen atoms in total. The monoisotopic (exact) mass is 394 g/mol. The Hall–Kier alpha value is -2.66. The third-order valence-electron chi connectivity index (χ3n) is 5.77. The molecule has 144 valence electrons. The van der Waals surface area contributed by atoms with Gasteiger partial charge in [-0.1, -0.05) is 36.2 Å². The standard InChI is InChI=1S/C22H23ClN4O/c1-15(19-14-25-27(16(19)2)20-6-3-4-13-24-20)26-21(28)22(11-5-12-22)17-7-9-18(23)10-8-17/h3-4,6-10,13-15H,5,11-12H2,1-2H3,(H,26,28)/t15-/m1/s1. The van der Waals surface area contributed by atoms with Crippen LogP contribution in [0.1, 0.15) is 49.0 Å². The van der Waals surface area contributed by atoms with Gasteiger partial charge < -0.3 is 5.32 Å². The van der Waals surface area contributed by atoms with E-state index in [-0.39, 0.29) is 11.9 Å². The molecule has 1 aliphatic rings. The predicted molar refractivity (Wildman–Crippen MR) is 110 cm³/mol. The molecule has 2 aromatic heterocycles. The summed E-state index contributed by atoms with van der Waals surface area (Å²) in [6, 6.07) is 13.2. The zero-order valence-electron chi connectivity index (χ0n) is 16.0. The number of amides is 1. The van der Waals surface area contributed by atoms with Crippen LogP contribution >= 0.6 is 11.6 Å². The third kappa shape index (κ3) is 3.20. The highest BCUT2D eigenvalue weighted by molar-refractivity contribution is 6.30. The fraction of sp³-hybridized carbons (Fsp3) is 0.318. The van der Waals surface area contributed by atoms with Crippen LogP contribution < -0.4 is 5.32 Å². The van der Waals surface area contributed by atoms with Gasteiger partial charge in [0.25, 0.3) is 0 Å². The second-order valence-electron chi connectivity index (χ2n) is 7.42. The summed E-state index contributed by atoms with van der Waals surface area (Å²) < 4.78 is 1.80. The average molecular weight is 395 g/mol. The summed E-state index contributed by atoms with van der Waals surface area (Å²) in [6.07, 6.45) is 6.33. The minimum absolute atomic E-state index is 0.0681. The maximum absolute atomic E-state index is 13.2. The lowest BCUT2D eigenvalue weighted by atomic mass is 9.63. The van der Waals surface area contributed by atoms with Gasteiger partial charge in [-0.15, -0.1) is 0 Å². The van der Waals surface area contributed by atoms with Crippen molar-refractivity contribution in [3.8, 4) is 5.82 Å². The van der Waals surface area contributed by atoms with Gasteiger partial charge in [-0.25, -0.2) is 9.67 Å². The zero-order valence-corrected chi connectivity index (χ0v) is 16.8. The molecule has 4 rings (SSSR count). The highest BCUT2D eigenvalue weighted by Crippen LogP contribution is 2.44. The molecule has 0 spiro atoms. The predicted octanol–water partition coefficient (Wildman–Crippen LogP) is 4.53. The van der Waals surface area contributed by atoms with Gasteiger partial charge in [0.15, 0.2) is 5.82 Å². The first-order chi connectivity index (χ1) is 13.5. The molecule has 0 saturated heterocycles. The first-order valence-corrected chi connectivity index (χ1v) is 9.92. The highest BCUT2D eigenvalue weighted by Gasteiger charge is 2.46. The van der Waals surface area contributed by atoms with Gasteiger partial charge in [-0.2, -0.15) is 5.10 Å². The minimum Gasteiger partial charge on any atom is -0.349 e. The summed E-state index contributed by atoms with van der Waals surface area (Å²) in [5.41, 5.74) is 2.54. The van der Waals surface area contributed by atoms with E-state index in [4.69, 9.17) is 11.6 Å². The van der Waals surface area contributed by atoms with E-state index in [1.165, 1.54) is 0 Å². The molecule has 0 bridgehead atoms. The molecule has 6 heteroatoms. The van der Waals surface area contributed by atoms with Crippen LogP contribution in [0.2, 0.25) is 5.02 Å². The average Bonchev–Trinajstić information content (AvgIpc) is 3.04. The zero-order chi connectivity index (χ0) is 19.7. The summed E-state index contributed by atoms with van der Waals surface area (Å²) in [4.78, 5) is 17.6. The van der Waals surface area contributed by atoms with E-state index in [2.05, 4.69) is 15.4 Å². The fourth-order valence-electron chi connectivity index (χ4n) is 3.92. The minimum atomic E-state index is -0.455. The lowest BCUT2D eigenvalue weighted by molar-refractivity contribution is -0.130. The normalized spacial score (nSPS) is 16.2. The molecular formula is C22H23ClN4O. The Labute approximate surface area is 169 Å². The van der Waals surface area contributed by atoms with Crippen LogP contribution in [0.3, 0.4) is 0 Å².